The first kappa shape index (κ1) is 19.1. The van der Waals surface area contributed by atoms with Gasteiger partial charge in [-0.1, -0.05) is 23.1 Å². The predicted molar refractivity (Wildman–Crippen MR) is 90.3 cm³/mol. The van der Waals surface area contributed by atoms with E-state index in [1.54, 1.807) is 13.8 Å². The molecule has 1 N–H and O–H groups in total. The lowest BCUT2D eigenvalue weighted by molar-refractivity contribution is -0.139. The van der Waals surface area contributed by atoms with Gasteiger partial charge in [0.2, 0.25) is 5.13 Å². The zero-order valence-electron chi connectivity index (χ0n) is 13.6. The standard InChI is InChI=1S/C14H21N3O5S2/c1-3-20-11(18)8-23-14-17-16-13(24-14)15-12(19)9(2)22-7-10-5-4-6-21-10/h9-10H,3-8H2,1-2H3,(H,15,16,19). The molecule has 1 aliphatic heterocycles. The van der Waals surface area contributed by atoms with Crippen molar-refractivity contribution in [2.45, 2.75) is 43.2 Å². The summed E-state index contributed by atoms with van der Waals surface area (Å²) in [6.07, 6.45) is 1.47. The monoisotopic (exact) mass is 375 g/mol. The molecule has 10 heteroatoms. The Morgan fingerprint density at radius 1 is 1.50 bits per heavy atom. The number of hydrogen-bond donors (Lipinski definition) is 1. The Kier molecular flexibility index (Phi) is 7.89. The molecule has 2 heterocycles. The number of thioether (sulfide) groups is 1. The molecule has 1 aliphatic rings. The number of nitrogens with one attached hydrogen (secondary N) is 1. The van der Waals surface area contributed by atoms with Gasteiger partial charge in [0, 0.05) is 6.61 Å². The minimum atomic E-state index is -0.603. The fraction of sp³-hybridized carbons (Fsp3) is 0.714. The summed E-state index contributed by atoms with van der Waals surface area (Å²) in [5, 5.41) is 10.8. The van der Waals surface area contributed by atoms with Gasteiger partial charge in [0.1, 0.15) is 6.10 Å². The third-order valence-corrected chi connectivity index (χ3v) is 5.13. The van der Waals surface area contributed by atoms with Crippen LogP contribution >= 0.6 is 23.1 Å². The average Bonchev–Trinajstić information content (AvgIpc) is 3.22. The van der Waals surface area contributed by atoms with Crippen LogP contribution in [0.4, 0.5) is 5.13 Å². The van der Waals surface area contributed by atoms with E-state index in [1.165, 1.54) is 23.1 Å². The number of hydrogen-bond acceptors (Lipinski definition) is 9. The molecule has 0 aliphatic carbocycles. The van der Waals surface area contributed by atoms with Crippen LogP contribution in [0.15, 0.2) is 4.34 Å². The molecule has 134 valence electrons. The summed E-state index contributed by atoms with van der Waals surface area (Å²) in [6, 6.07) is 0. The number of carbonyl (C=O) groups is 2. The fourth-order valence-electron chi connectivity index (χ4n) is 1.95. The number of amides is 1. The highest BCUT2D eigenvalue weighted by atomic mass is 32.2. The van der Waals surface area contributed by atoms with Crippen LogP contribution in [-0.4, -0.2) is 59.9 Å². The highest BCUT2D eigenvalue weighted by molar-refractivity contribution is 8.01. The lowest BCUT2D eigenvalue weighted by atomic mass is 10.2. The largest absolute Gasteiger partial charge is 0.465 e. The van der Waals surface area contributed by atoms with Crippen LogP contribution in [0.2, 0.25) is 0 Å². The number of nitrogens with zero attached hydrogens (tertiary/aromatic N) is 2. The number of esters is 1. The fourth-order valence-corrected chi connectivity index (χ4v) is 3.50. The Morgan fingerprint density at radius 2 is 2.33 bits per heavy atom. The van der Waals surface area contributed by atoms with Crippen molar-refractivity contribution < 1.29 is 23.8 Å². The second kappa shape index (κ2) is 9.92. The molecule has 1 aromatic rings. The molecule has 0 radical (unpaired) electrons. The van der Waals surface area contributed by atoms with Gasteiger partial charge in [-0.05, 0) is 26.7 Å². The lowest BCUT2D eigenvalue weighted by Crippen LogP contribution is -2.30. The number of rotatable bonds is 9. The molecular formula is C14H21N3O5S2. The smallest absolute Gasteiger partial charge is 0.316 e. The van der Waals surface area contributed by atoms with Gasteiger partial charge in [-0.3, -0.25) is 14.9 Å². The molecule has 8 nitrogen and oxygen atoms in total. The Morgan fingerprint density at radius 3 is 3.04 bits per heavy atom. The normalized spacial score (nSPS) is 18.3. The number of ether oxygens (including phenoxy) is 3. The highest BCUT2D eigenvalue weighted by Crippen LogP contribution is 2.25. The van der Waals surface area contributed by atoms with Gasteiger partial charge in [-0.15, -0.1) is 10.2 Å². The Bertz CT molecular complexity index is 548. The van der Waals surface area contributed by atoms with Crippen molar-refractivity contribution in [3.05, 3.63) is 0 Å². The summed E-state index contributed by atoms with van der Waals surface area (Å²) in [4.78, 5) is 23.3. The maximum atomic E-state index is 12.1. The SMILES string of the molecule is CCOC(=O)CSc1nnc(NC(=O)C(C)OCC2CCCO2)s1. The Hall–Kier alpha value is -1.23. The first-order chi connectivity index (χ1) is 11.6. The van der Waals surface area contributed by atoms with Crippen LogP contribution in [0.25, 0.3) is 0 Å². The summed E-state index contributed by atoms with van der Waals surface area (Å²) in [6.45, 7) is 4.95. The van der Waals surface area contributed by atoms with Crippen LogP contribution in [0.1, 0.15) is 26.7 Å². The third-order valence-electron chi connectivity index (χ3n) is 3.18. The van der Waals surface area contributed by atoms with Crippen molar-refractivity contribution in [1.29, 1.82) is 0 Å². The molecule has 0 aromatic carbocycles. The van der Waals surface area contributed by atoms with Crippen molar-refractivity contribution in [3.63, 3.8) is 0 Å². The van der Waals surface area contributed by atoms with Crippen LogP contribution in [-0.2, 0) is 23.8 Å². The van der Waals surface area contributed by atoms with Crippen LogP contribution in [0, 0.1) is 0 Å². The van der Waals surface area contributed by atoms with E-state index in [9.17, 15) is 9.59 Å². The van der Waals surface area contributed by atoms with E-state index < -0.39 is 6.10 Å². The molecule has 0 spiro atoms. The van der Waals surface area contributed by atoms with Crippen molar-refractivity contribution >= 4 is 40.1 Å². The zero-order valence-corrected chi connectivity index (χ0v) is 15.3. The van der Waals surface area contributed by atoms with E-state index in [1.807, 2.05) is 0 Å². The second-order valence-electron chi connectivity index (χ2n) is 5.07. The van der Waals surface area contributed by atoms with Crippen LogP contribution < -0.4 is 5.32 Å². The molecule has 2 rings (SSSR count). The van der Waals surface area contributed by atoms with E-state index >= 15 is 0 Å². The van der Waals surface area contributed by atoms with E-state index in [4.69, 9.17) is 14.2 Å². The predicted octanol–water partition coefficient (Wildman–Crippen LogP) is 1.72. The van der Waals surface area contributed by atoms with Gasteiger partial charge >= 0.3 is 5.97 Å². The van der Waals surface area contributed by atoms with E-state index in [-0.39, 0.29) is 23.7 Å². The van der Waals surface area contributed by atoms with Gasteiger partial charge < -0.3 is 14.2 Å². The minimum Gasteiger partial charge on any atom is -0.465 e. The summed E-state index contributed by atoms with van der Waals surface area (Å²) in [7, 11) is 0. The van der Waals surface area contributed by atoms with Crippen LogP contribution in [0.5, 0.6) is 0 Å². The number of aromatic nitrogens is 2. The van der Waals surface area contributed by atoms with Crippen molar-refractivity contribution in [2.24, 2.45) is 0 Å². The Labute approximate surface area is 148 Å². The van der Waals surface area contributed by atoms with E-state index in [2.05, 4.69) is 15.5 Å². The van der Waals surface area contributed by atoms with Crippen LogP contribution in [0.3, 0.4) is 0 Å². The molecular weight excluding hydrogens is 354 g/mol. The van der Waals surface area contributed by atoms with Gasteiger partial charge in [0.25, 0.3) is 5.91 Å². The number of carbonyl (C=O) groups excluding carboxylic acids is 2. The van der Waals surface area contributed by atoms with E-state index in [0.717, 1.165) is 19.4 Å². The van der Waals surface area contributed by atoms with Gasteiger partial charge in [0.15, 0.2) is 4.34 Å². The van der Waals surface area contributed by atoms with Gasteiger partial charge in [0.05, 0.1) is 25.1 Å². The first-order valence-corrected chi connectivity index (χ1v) is 9.54. The molecule has 2 unspecified atom stereocenters. The molecule has 0 bridgehead atoms. The Balaban J connectivity index is 1.71. The summed E-state index contributed by atoms with van der Waals surface area (Å²) in [5.41, 5.74) is 0. The zero-order chi connectivity index (χ0) is 17.4. The third kappa shape index (κ3) is 6.34. The molecule has 1 fully saturated rings. The van der Waals surface area contributed by atoms with Crippen molar-refractivity contribution in [1.82, 2.24) is 10.2 Å². The summed E-state index contributed by atoms with van der Waals surface area (Å²) >= 11 is 2.43. The molecule has 24 heavy (non-hydrogen) atoms. The number of anilines is 1. The van der Waals surface area contributed by atoms with Crippen molar-refractivity contribution in [3.8, 4) is 0 Å². The van der Waals surface area contributed by atoms with E-state index in [0.29, 0.717) is 22.7 Å². The average molecular weight is 375 g/mol. The molecule has 1 amide bonds. The van der Waals surface area contributed by atoms with Gasteiger partial charge in [-0.25, -0.2) is 0 Å². The molecule has 1 aromatic heterocycles. The molecule has 1 saturated heterocycles. The topological polar surface area (TPSA) is 99.6 Å². The maximum absolute atomic E-state index is 12.1. The minimum absolute atomic E-state index is 0.0765. The first-order valence-electron chi connectivity index (χ1n) is 7.74. The van der Waals surface area contributed by atoms with Gasteiger partial charge in [-0.2, -0.15) is 0 Å². The second-order valence-corrected chi connectivity index (χ2v) is 7.27. The molecule has 2 atom stereocenters. The lowest BCUT2D eigenvalue weighted by Gasteiger charge is -2.15. The quantitative estimate of drug-likeness (QED) is 0.396. The summed E-state index contributed by atoms with van der Waals surface area (Å²) < 4.78 is 16.4. The van der Waals surface area contributed by atoms with Crippen molar-refractivity contribution in [2.75, 3.05) is 30.9 Å². The highest BCUT2D eigenvalue weighted by Gasteiger charge is 2.21. The maximum Gasteiger partial charge on any atom is 0.316 e. The molecule has 0 saturated carbocycles. The summed E-state index contributed by atoms with van der Waals surface area (Å²) in [5.74, 6) is -0.428.